The third-order valence-corrected chi connectivity index (χ3v) is 6.79. The van der Waals surface area contributed by atoms with Gasteiger partial charge in [-0.3, -0.25) is 4.79 Å². The lowest BCUT2D eigenvalue weighted by atomic mass is 9.85. The van der Waals surface area contributed by atoms with E-state index in [1.165, 1.54) is 37.7 Å². The van der Waals surface area contributed by atoms with Gasteiger partial charge >= 0.3 is 0 Å². The second kappa shape index (κ2) is 10.8. The first kappa shape index (κ1) is 21.9. The van der Waals surface area contributed by atoms with Gasteiger partial charge in [-0.2, -0.15) is 0 Å². The molecule has 2 aliphatic rings. The average molecular weight is 421 g/mol. The molecule has 0 bridgehead atoms. The summed E-state index contributed by atoms with van der Waals surface area (Å²) in [5, 5.41) is 3.05. The van der Waals surface area contributed by atoms with Gasteiger partial charge in [-0.15, -0.1) is 0 Å². The summed E-state index contributed by atoms with van der Waals surface area (Å²) in [6, 6.07) is 16.3. The molecular formula is C27H36N2O2. The molecule has 0 spiro atoms. The number of carbonyl (C=O) groups excluding carboxylic acids is 1. The van der Waals surface area contributed by atoms with Crippen LogP contribution in [0.3, 0.4) is 0 Å². The van der Waals surface area contributed by atoms with Gasteiger partial charge in [0.15, 0.2) is 0 Å². The molecule has 0 unspecified atom stereocenters. The fraction of sp³-hybridized carbons (Fsp3) is 0.519. The fourth-order valence-corrected chi connectivity index (χ4v) is 4.83. The quantitative estimate of drug-likeness (QED) is 0.668. The molecular weight excluding hydrogens is 384 g/mol. The SMILES string of the molecule is CN1CCC(Oc2cccc(CNC(=O)c3ccc(CC4CCCCC4)cc3)c2)CC1. The summed E-state index contributed by atoms with van der Waals surface area (Å²) in [7, 11) is 2.16. The van der Waals surface area contributed by atoms with Crippen molar-refractivity contribution in [3.8, 4) is 5.75 Å². The predicted octanol–water partition coefficient (Wildman–Crippen LogP) is 5.21. The molecule has 2 aromatic carbocycles. The molecule has 1 N–H and O–H groups in total. The second-order valence-corrected chi connectivity index (χ2v) is 9.36. The minimum Gasteiger partial charge on any atom is -0.490 e. The summed E-state index contributed by atoms with van der Waals surface area (Å²) < 4.78 is 6.17. The summed E-state index contributed by atoms with van der Waals surface area (Å²) in [6.07, 6.45) is 10.4. The monoisotopic (exact) mass is 420 g/mol. The van der Waals surface area contributed by atoms with Gasteiger partial charge in [0.1, 0.15) is 11.9 Å². The number of carbonyl (C=O) groups is 1. The predicted molar refractivity (Wildman–Crippen MR) is 125 cm³/mol. The smallest absolute Gasteiger partial charge is 0.251 e. The highest BCUT2D eigenvalue weighted by Gasteiger charge is 2.18. The molecule has 1 heterocycles. The van der Waals surface area contributed by atoms with Crippen molar-refractivity contribution in [1.82, 2.24) is 10.2 Å². The summed E-state index contributed by atoms with van der Waals surface area (Å²) in [5.74, 6) is 1.69. The molecule has 4 heteroatoms. The Kier molecular flexibility index (Phi) is 7.63. The Hall–Kier alpha value is -2.33. The van der Waals surface area contributed by atoms with Crippen molar-refractivity contribution in [2.45, 2.75) is 64.0 Å². The topological polar surface area (TPSA) is 41.6 Å². The van der Waals surface area contributed by atoms with Gasteiger partial charge in [0.2, 0.25) is 0 Å². The molecule has 0 radical (unpaired) electrons. The highest BCUT2D eigenvalue weighted by atomic mass is 16.5. The van der Waals surface area contributed by atoms with Gasteiger partial charge in [0.05, 0.1) is 0 Å². The Bertz CT molecular complexity index is 835. The third-order valence-electron chi connectivity index (χ3n) is 6.79. The molecule has 0 aromatic heterocycles. The zero-order valence-electron chi connectivity index (χ0n) is 18.8. The molecule has 1 amide bonds. The lowest BCUT2D eigenvalue weighted by Gasteiger charge is -2.29. The summed E-state index contributed by atoms with van der Waals surface area (Å²) >= 11 is 0. The van der Waals surface area contributed by atoms with Crippen LogP contribution in [0.25, 0.3) is 0 Å². The molecule has 1 aliphatic heterocycles. The number of piperidine rings is 1. The third kappa shape index (κ3) is 6.57. The molecule has 31 heavy (non-hydrogen) atoms. The van der Waals surface area contributed by atoms with E-state index in [1.807, 2.05) is 36.4 Å². The molecule has 4 rings (SSSR count). The van der Waals surface area contributed by atoms with E-state index in [0.717, 1.165) is 55.1 Å². The maximum absolute atomic E-state index is 12.6. The lowest BCUT2D eigenvalue weighted by Crippen LogP contribution is -2.35. The highest BCUT2D eigenvalue weighted by Crippen LogP contribution is 2.27. The van der Waals surface area contributed by atoms with Crippen molar-refractivity contribution in [3.05, 3.63) is 65.2 Å². The van der Waals surface area contributed by atoms with Crippen LogP contribution in [0.4, 0.5) is 0 Å². The van der Waals surface area contributed by atoms with Crippen molar-refractivity contribution in [2.75, 3.05) is 20.1 Å². The Morgan fingerprint density at radius 2 is 1.71 bits per heavy atom. The minimum atomic E-state index is -0.0224. The van der Waals surface area contributed by atoms with Gasteiger partial charge in [-0.1, -0.05) is 56.4 Å². The van der Waals surface area contributed by atoms with E-state index in [-0.39, 0.29) is 12.0 Å². The number of ether oxygens (including phenoxy) is 1. The largest absolute Gasteiger partial charge is 0.490 e. The van der Waals surface area contributed by atoms with E-state index in [4.69, 9.17) is 4.74 Å². The first-order chi connectivity index (χ1) is 15.2. The van der Waals surface area contributed by atoms with Crippen LogP contribution in [-0.4, -0.2) is 37.0 Å². The van der Waals surface area contributed by atoms with Crippen LogP contribution in [-0.2, 0) is 13.0 Å². The molecule has 1 saturated heterocycles. The lowest BCUT2D eigenvalue weighted by molar-refractivity contribution is 0.0950. The molecule has 2 aromatic rings. The van der Waals surface area contributed by atoms with Crippen LogP contribution in [0.15, 0.2) is 48.5 Å². The first-order valence-corrected chi connectivity index (χ1v) is 12.0. The molecule has 166 valence electrons. The Morgan fingerprint density at radius 1 is 0.968 bits per heavy atom. The van der Waals surface area contributed by atoms with E-state index in [9.17, 15) is 4.79 Å². The highest BCUT2D eigenvalue weighted by molar-refractivity contribution is 5.94. The number of nitrogens with one attached hydrogen (secondary N) is 1. The number of nitrogens with zero attached hydrogens (tertiary/aromatic N) is 1. The maximum Gasteiger partial charge on any atom is 0.251 e. The van der Waals surface area contributed by atoms with Crippen molar-refractivity contribution in [3.63, 3.8) is 0 Å². The Labute approximate surface area is 187 Å². The van der Waals surface area contributed by atoms with E-state index < -0.39 is 0 Å². The van der Waals surface area contributed by atoms with Crippen LogP contribution >= 0.6 is 0 Å². The number of hydrogen-bond acceptors (Lipinski definition) is 3. The molecule has 2 fully saturated rings. The van der Waals surface area contributed by atoms with Crippen molar-refractivity contribution >= 4 is 5.91 Å². The van der Waals surface area contributed by atoms with Gasteiger partial charge < -0.3 is 15.0 Å². The van der Waals surface area contributed by atoms with E-state index in [0.29, 0.717) is 6.54 Å². The van der Waals surface area contributed by atoms with E-state index in [1.54, 1.807) is 0 Å². The molecule has 4 nitrogen and oxygen atoms in total. The second-order valence-electron chi connectivity index (χ2n) is 9.36. The van der Waals surface area contributed by atoms with Crippen LogP contribution in [0.5, 0.6) is 5.75 Å². The number of amides is 1. The van der Waals surface area contributed by atoms with Gasteiger partial charge in [-0.05, 0) is 67.6 Å². The number of likely N-dealkylation sites (tertiary alicyclic amines) is 1. The van der Waals surface area contributed by atoms with Crippen molar-refractivity contribution < 1.29 is 9.53 Å². The number of hydrogen-bond donors (Lipinski definition) is 1. The number of rotatable bonds is 7. The van der Waals surface area contributed by atoms with Gasteiger partial charge in [0.25, 0.3) is 5.91 Å². The summed E-state index contributed by atoms with van der Waals surface area (Å²) in [4.78, 5) is 14.9. The van der Waals surface area contributed by atoms with Crippen LogP contribution < -0.4 is 10.1 Å². The zero-order chi connectivity index (χ0) is 21.5. The van der Waals surface area contributed by atoms with E-state index >= 15 is 0 Å². The van der Waals surface area contributed by atoms with Gasteiger partial charge in [0, 0.05) is 25.2 Å². The van der Waals surface area contributed by atoms with Gasteiger partial charge in [-0.25, -0.2) is 0 Å². The minimum absolute atomic E-state index is 0.0224. The summed E-state index contributed by atoms with van der Waals surface area (Å²) in [6.45, 7) is 2.67. The average Bonchev–Trinajstić information content (AvgIpc) is 2.80. The van der Waals surface area contributed by atoms with E-state index in [2.05, 4.69) is 29.4 Å². The van der Waals surface area contributed by atoms with Crippen molar-refractivity contribution in [1.29, 1.82) is 0 Å². The number of benzene rings is 2. The first-order valence-electron chi connectivity index (χ1n) is 12.0. The normalized spacial score (nSPS) is 18.6. The maximum atomic E-state index is 12.6. The van der Waals surface area contributed by atoms with Crippen LogP contribution in [0.1, 0.15) is 66.4 Å². The van der Waals surface area contributed by atoms with Crippen molar-refractivity contribution in [2.24, 2.45) is 5.92 Å². The fourth-order valence-electron chi connectivity index (χ4n) is 4.83. The van der Waals surface area contributed by atoms with Crippen LogP contribution in [0.2, 0.25) is 0 Å². The van der Waals surface area contributed by atoms with Crippen LogP contribution in [0, 0.1) is 5.92 Å². The molecule has 0 atom stereocenters. The molecule has 1 aliphatic carbocycles. The molecule has 1 saturated carbocycles. The standard InChI is InChI=1S/C27H36N2O2/c1-29-16-14-25(15-17-29)31-26-9-5-8-23(19-26)20-28-27(30)24-12-10-22(11-13-24)18-21-6-3-2-4-7-21/h5,8-13,19,21,25H,2-4,6-7,14-18,20H2,1H3,(H,28,30). The summed E-state index contributed by atoms with van der Waals surface area (Å²) in [5.41, 5.74) is 3.14. The Balaban J connectivity index is 1.26. The zero-order valence-corrected chi connectivity index (χ0v) is 18.8. The Morgan fingerprint density at radius 3 is 2.45 bits per heavy atom.